The van der Waals surface area contributed by atoms with Gasteiger partial charge in [-0.1, -0.05) is 19.9 Å². The van der Waals surface area contributed by atoms with Gasteiger partial charge < -0.3 is 0 Å². The lowest BCUT2D eigenvalue weighted by Crippen LogP contribution is -2.45. The van der Waals surface area contributed by atoms with Crippen LogP contribution in [0.2, 0.25) is 0 Å². The standard InChI is InChI=1S/C15H17BrFNO2/c1-8(2)5-11-10(7-14(19)18-15(11)20)9-3-4-13(17)12(16)6-9/h3-4,6,8,10-11H,5,7H2,1-2H3,(H,18,19,20). The molecule has 1 aromatic carbocycles. The summed E-state index contributed by atoms with van der Waals surface area (Å²) >= 11 is 3.15. The average molecular weight is 342 g/mol. The van der Waals surface area contributed by atoms with Crippen molar-refractivity contribution in [1.29, 1.82) is 0 Å². The van der Waals surface area contributed by atoms with Crippen molar-refractivity contribution >= 4 is 27.7 Å². The van der Waals surface area contributed by atoms with Gasteiger partial charge in [-0.3, -0.25) is 14.9 Å². The third-order valence-corrected chi connectivity index (χ3v) is 4.20. The maximum Gasteiger partial charge on any atom is 0.230 e. The summed E-state index contributed by atoms with van der Waals surface area (Å²) in [5.41, 5.74) is 0.826. The predicted molar refractivity (Wildman–Crippen MR) is 77.6 cm³/mol. The molecule has 1 saturated heterocycles. The van der Waals surface area contributed by atoms with Gasteiger partial charge in [-0.25, -0.2) is 4.39 Å². The molecule has 0 spiro atoms. The Balaban J connectivity index is 2.34. The van der Waals surface area contributed by atoms with Crippen LogP contribution in [-0.2, 0) is 9.59 Å². The van der Waals surface area contributed by atoms with Gasteiger partial charge in [0.05, 0.1) is 4.47 Å². The van der Waals surface area contributed by atoms with Crippen LogP contribution in [0.4, 0.5) is 4.39 Å². The van der Waals surface area contributed by atoms with E-state index in [0.717, 1.165) is 5.56 Å². The smallest absolute Gasteiger partial charge is 0.230 e. The van der Waals surface area contributed by atoms with E-state index in [9.17, 15) is 14.0 Å². The lowest BCUT2D eigenvalue weighted by Gasteiger charge is -2.31. The Labute approximate surface area is 126 Å². The summed E-state index contributed by atoms with van der Waals surface area (Å²) in [6.07, 6.45) is 0.972. The van der Waals surface area contributed by atoms with Crippen LogP contribution in [0.15, 0.2) is 22.7 Å². The Morgan fingerprint density at radius 3 is 2.70 bits per heavy atom. The fourth-order valence-corrected chi connectivity index (χ4v) is 3.07. The lowest BCUT2D eigenvalue weighted by atomic mass is 9.76. The highest BCUT2D eigenvalue weighted by Gasteiger charge is 2.37. The van der Waals surface area contributed by atoms with Gasteiger partial charge in [0.15, 0.2) is 0 Å². The van der Waals surface area contributed by atoms with Crippen molar-refractivity contribution < 1.29 is 14.0 Å². The number of carbonyl (C=O) groups is 2. The van der Waals surface area contributed by atoms with Crippen LogP contribution in [0, 0.1) is 17.7 Å². The Hall–Kier alpha value is -1.23. The number of benzene rings is 1. The molecule has 2 amide bonds. The first-order valence-electron chi connectivity index (χ1n) is 6.67. The first-order valence-corrected chi connectivity index (χ1v) is 7.46. The van der Waals surface area contributed by atoms with Crippen molar-refractivity contribution in [2.75, 3.05) is 0 Å². The molecule has 0 aromatic heterocycles. The molecular formula is C15H17BrFNO2. The molecule has 1 heterocycles. The molecule has 1 fully saturated rings. The quantitative estimate of drug-likeness (QED) is 0.856. The number of rotatable bonds is 3. The third kappa shape index (κ3) is 3.26. The van der Waals surface area contributed by atoms with E-state index in [1.54, 1.807) is 12.1 Å². The van der Waals surface area contributed by atoms with Crippen LogP contribution in [0.25, 0.3) is 0 Å². The molecule has 2 atom stereocenters. The number of imide groups is 1. The minimum atomic E-state index is -0.347. The maximum absolute atomic E-state index is 13.3. The number of nitrogens with one attached hydrogen (secondary N) is 1. The fourth-order valence-electron chi connectivity index (χ4n) is 2.68. The van der Waals surface area contributed by atoms with Crippen molar-refractivity contribution in [2.24, 2.45) is 11.8 Å². The van der Waals surface area contributed by atoms with Gasteiger partial charge >= 0.3 is 0 Å². The molecule has 0 saturated carbocycles. The van der Waals surface area contributed by atoms with Crippen LogP contribution in [0.1, 0.15) is 38.2 Å². The number of amides is 2. The number of hydrogen-bond acceptors (Lipinski definition) is 2. The molecule has 2 rings (SSSR count). The normalized spacial score (nSPS) is 23.1. The van der Waals surface area contributed by atoms with Gasteiger partial charge in [-0.2, -0.15) is 0 Å². The Morgan fingerprint density at radius 1 is 1.40 bits per heavy atom. The first kappa shape index (κ1) is 15.2. The summed E-state index contributed by atoms with van der Waals surface area (Å²) in [6, 6.07) is 4.69. The van der Waals surface area contributed by atoms with Crippen LogP contribution in [0.5, 0.6) is 0 Å². The van der Waals surface area contributed by atoms with E-state index in [1.165, 1.54) is 6.07 Å². The molecule has 5 heteroatoms. The molecular weight excluding hydrogens is 325 g/mol. The molecule has 0 aliphatic carbocycles. The van der Waals surface area contributed by atoms with Crippen LogP contribution in [0.3, 0.4) is 0 Å². The first-order chi connectivity index (χ1) is 9.38. The van der Waals surface area contributed by atoms with Gasteiger partial charge in [0.2, 0.25) is 11.8 Å². The Kier molecular flexibility index (Phi) is 4.58. The summed E-state index contributed by atoms with van der Waals surface area (Å²) in [5, 5.41) is 2.40. The molecule has 20 heavy (non-hydrogen) atoms. The Morgan fingerprint density at radius 2 is 2.10 bits per heavy atom. The summed E-state index contributed by atoms with van der Waals surface area (Å²) in [4.78, 5) is 23.7. The van der Waals surface area contributed by atoms with Crippen molar-refractivity contribution in [1.82, 2.24) is 5.32 Å². The van der Waals surface area contributed by atoms with Crippen molar-refractivity contribution in [3.8, 4) is 0 Å². The second kappa shape index (κ2) is 6.04. The molecule has 0 bridgehead atoms. The number of halogens is 2. The topological polar surface area (TPSA) is 46.2 Å². The molecule has 1 N–H and O–H groups in total. The summed E-state index contributed by atoms with van der Waals surface area (Å²) in [5.74, 6) is -0.910. The molecule has 108 valence electrons. The summed E-state index contributed by atoms with van der Waals surface area (Å²) in [7, 11) is 0. The maximum atomic E-state index is 13.3. The average Bonchev–Trinajstić information content (AvgIpc) is 2.35. The lowest BCUT2D eigenvalue weighted by molar-refractivity contribution is -0.137. The number of hydrogen-bond donors (Lipinski definition) is 1. The zero-order chi connectivity index (χ0) is 14.9. The van der Waals surface area contributed by atoms with Crippen molar-refractivity contribution in [2.45, 2.75) is 32.6 Å². The molecule has 1 aliphatic rings. The van der Waals surface area contributed by atoms with Gasteiger partial charge in [0.1, 0.15) is 5.82 Å². The summed E-state index contributed by atoms with van der Waals surface area (Å²) in [6.45, 7) is 4.09. The second-order valence-corrected chi connectivity index (χ2v) is 6.49. The van der Waals surface area contributed by atoms with Crippen molar-refractivity contribution in [3.05, 3.63) is 34.1 Å². The highest BCUT2D eigenvalue weighted by Crippen LogP contribution is 2.36. The van der Waals surface area contributed by atoms with Crippen molar-refractivity contribution in [3.63, 3.8) is 0 Å². The highest BCUT2D eigenvalue weighted by atomic mass is 79.9. The molecule has 1 aliphatic heterocycles. The van der Waals surface area contributed by atoms with Gasteiger partial charge in [0.25, 0.3) is 0 Å². The minimum Gasteiger partial charge on any atom is -0.296 e. The van der Waals surface area contributed by atoms with Gasteiger partial charge in [-0.05, 0) is 46.0 Å². The zero-order valence-electron chi connectivity index (χ0n) is 11.5. The highest BCUT2D eigenvalue weighted by molar-refractivity contribution is 9.10. The Bertz CT molecular complexity index is 545. The zero-order valence-corrected chi connectivity index (χ0v) is 13.0. The van der Waals surface area contributed by atoms with Crippen LogP contribution >= 0.6 is 15.9 Å². The van der Waals surface area contributed by atoms with E-state index in [0.29, 0.717) is 16.8 Å². The molecule has 2 unspecified atom stereocenters. The molecule has 3 nitrogen and oxygen atoms in total. The largest absolute Gasteiger partial charge is 0.296 e. The molecule has 1 aromatic rings. The third-order valence-electron chi connectivity index (χ3n) is 3.59. The van der Waals surface area contributed by atoms with E-state index in [4.69, 9.17) is 0 Å². The van der Waals surface area contributed by atoms with Gasteiger partial charge in [-0.15, -0.1) is 0 Å². The van der Waals surface area contributed by atoms with E-state index < -0.39 is 0 Å². The van der Waals surface area contributed by atoms with E-state index in [-0.39, 0.29) is 35.9 Å². The SMILES string of the molecule is CC(C)CC1C(=O)NC(=O)CC1c1ccc(F)c(Br)c1. The molecule has 0 radical (unpaired) electrons. The van der Waals surface area contributed by atoms with E-state index in [2.05, 4.69) is 21.2 Å². The fraction of sp³-hybridized carbons (Fsp3) is 0.467. The van der Waals surface area contributed by atoms with Gasteiger partial charge in [0, 0.05) is 18.3 Å². The summed E-state index contributed by atoms with van der Waals surface area (Å²) < 4.78 is 13.7. The van der Waals surface area contributed by atoms with Crippen LogP contribution in [-0.4, -0.2) is 11.8 Å². The minimum absolute atomic E-state index is 0.185. The van der Waals surface area contributed by atoms with Crippen LogP contribution < -0.4 is 5.32 Å². The predicted octanol–water partition coefficient (Wildman–Crippen LogP) is 3.38. The monoisotopic (exact) mass is 341 g/mol. The second-order valence-electron chi connectivity index (χ2n) is 5.63. The number of carbonyl (C=O) groups excluding carboxylic acids is 2. The number of piperidine rings is 1. The van der Waals surface area contributed by atoms with E-state index in [1.807, 2.05) is 13.8 Å². The van der Waals surface area contributed by atoms with E-state index >= 15 is 0 Å².